The van der Waals surface area contributed by atoms with E-state index < -0.39 is 17.3 Å². The van der Waals surface area contributed by atoms with Gasteiger partial charge in [0.15, 0.2) is 0 Å². The van der Waals surface area contributed by atoms with Crippen molar-refractivity contribution in [1.29, 1.82) is 0 Å². The van der Waals surface area contributed by atoms with Crippen molar-refractivity contribution in [1.82, 2.24) is 0 Å². The monoisotopic (exact) mass is 319 g/mol. The number of aliphatic hydroxyl groups is 1. The summed E-state index contributed by atoms with van der Waals surface area (Å²) in [7, 11) is 0. The van der Waals surface area contributed by atoms with Crippen LogP contribution in [0.4, 0.5) is 10.1 Å². The van der Waals surface area contributed by atoms with Gasteiger partial charge in [-0.2, -0.15) is 0 Å². The molecule has 1 aliphatic rings. The van der Waals surface area contributed by atoms with E-state index in [4.69, 9.17) is 11.6 Å². The number of amides is 1. The Morgan fingerprint density at radius 1 is 1.27 bits per heavy atom. The fourth-order valence-corrected chi connectivity index (χ4v) is 3.04. The average molecular weight is 320 g/mol. The lowest BCUT2D eigenvalue weighted by atomic mass is 9.87. The molecule has 1 atom stereocenters. The third kappa shape index (κ3) is 2.38. The molecule has 0 radical (unpaired) electrons. The Bertz CT molecular complexity index is 725. The molecule has 3 rings (SSSR count). The van der Waals surface area contributed by atoms with Gasteiger partial charge in [-0.15, -0.1) is 0 Å². The van der Waals surface area contributed by atoms with Crippen LogP contribution in [0.1, 0.15) is 29.3 Å². The van der Waals surface area contributed by atoms with E-state index in [9.17, 15) is 14.3 Å². The molecule has 1 amide bonds. The minimum Gasteiger partial charge on any atom is -0.385 e. The van der Waals surface area contributed by atoms with Gasteiger partial charge in [-0.05, 0) is 31.5 Å². The molecule has 22 heavy (non-hydrogen) atoms. The topological polar surface area (TPSA) is 40.5 Å². The molecule has 2 aromatic rings. The summed E-state index contributed by atoms with van der Waals surface area (Å²) in [6, 6.07) is 11.3. The zero-order valence-corrected chi connectivity index (χ0v) is 12.8. The van der Waals surface area contributed by atoms with Gasteiger partial charge < -0.3 is 10.0 Å². The van der Waals surface area contributed by atoms with E-state index in [0.717, 1.165) is 0 Å². The van der Waals surface area contributed by atoms with Crippen molar-refractivity contribution in [3.63, 3.8) is 0 Å². The van der Waals surface area contributed by atoms with Crippen LogP contribution in [-0.2, 0) is 5.60 Å². The van der Waals surface area contributed by atoms with Crippen LogP contribution >= 0.6 is 11.6 Å². The summed E-state index contributed by atoms with van der Waals surface area (Å²) in [5, 5.41) is 10.6. The lowest BCUT2D eigenvalue weighted by Gasteiger charge is -2.38. The van der Waals surface area contributed by atoms with Crippen LogP contribution in [0.25, 0.3) is 0 Å². The molecule has 0 saturated carbocycles. The van der Waals surface area contributed by atoms with E-state index in [-0.39, 0.29) is 10.6 Å². The number of hydrogen-bond acceptors (Lipinski definition) is 2. The summed E-state index contributed by atoms with van der Waals surface area (Å²) in [6.45, 7) is 2.01. The predicted molar refractivity (Wildman–Crippen MR) is 83.7 cm³/mol. The Morgan fingerprint density at radius 3 is 2.73 bits per heavy atom. The van der Waals surface area contributed by atoms with Gasteiger partial charge in [-0.3, -0.25) is 4.79 Å². The molecule has 0 aromatic heterocycles. The van der Waals surface area contributed by atoms with Crippen LogP contribution in [0.5, 0.6) is 0 Å². The summed E-state index contributed by atoms with van der Waals surface area (Å²) in [6.07, 6.45) is 0.377. The predicted octanol–water partition coefficient (Wildman–Crippen LogP) is 3.74. The first-order valence-electron chi connectivity index (χ1n) is 6.99. The molecular weight excluding hydrogens is 305 g/mol. The lowest BCUT2D eigenvalue weighted by molar-refractivity contribution is 0.0450. The molecule has 0 fully saturated rings. The van der Waals surface area contributed by atoms with Crippen LogP contribution in [0.15, 0.2) is 42.5 Å². The number of benzene rings is 2. The maximum atomic E-state index is 14.0. The van der Waals surface area contributed by atoms with E-state index >= 15 is 0 Å². The summed E-state index contributed by atoms with van der Waals surface area (Å²) in [5.74, 6) is -1.14. The zero-order chi connectivity index (χ0) is 15.9. The average Bonchev–Trinajstić information content (AvgIpc) is 2.47. The first-order chi connectivity index (χ1) is 10.4. The molecule has 1 aliphatic heterocycles. The molecule has 114 valence electrons. The number of carbonyl (C=O) groups is 1. The van der Waals surface area contributed by atoms with Gasteiger partial charge >= 0.3 is 0 Å². The van der Waals surface area contributed by atoms with Crippen LogP contribution in [0.3, 0.4) is 0 Å². The molecule has 1 unspecified atom stereocenters. The standard InChI is InChI=1S/C17H15ClFNO2/c1-17(22)9-10-20(14-8-3-2-5-11(14)17)16(21)15-12(18)6-4-7-13(15)19/h2-8,22H,9-10H2,1H3. The fourth-order valence-electron chi connectivity index (χ4n) is 2.80. The summed E-state index contributed by atoms with van der Waals surface area (Å²) in [4.78, 5) is 14.2. The molecule has 0 aliphatic carbocycles. The van der Waals surface area contributed by atoms with Crippen LogP contribution < -0.4 is 4.90 Å². The SMILES string of the molecule is CC1(O)CCN(C(=O)c2c(F)cccc2Cl)c2ccccc21. The van der Waals surface area contributed by atoms with Crippen molar-refractivity contribution in [3.05, 3.63) is 64.4 Å². The molecule has 1 N–H and O–H groups in total. The maximum absolute atomic E-state index is 14.0. The van der Waals surface area contributed by atoms with Crippen LogP contribution in [-0.4, -0.2) is 17.6 Å². The highest BCUT2D eigenvalue weighted by molar-refractivity contribution is 6.34. The number of rotatable bonds is 1. The van der Waals surface area contributed by atoms with Crippen LogP contribution in [0.2, 0.25) is 5.02 Å². The number of carbonyl (C=O) groups excluding carboxylic acids is 1. The molecule has 2 aromatic carbocycles. The molecule has 3 nitrogen and oxygen atoms in total. The quantitative estimate of drug-likeness (QED) is 0.870. The number of halogens is 2. The highest BCUT2D eigenvalue weighted by atomic mass is 35.5. The summed E-state index contributed by atoms with van der Waals surface area (Å²) >= 11 is 5.99. The van der Waals surface area contributed by atoms with Gasteiger partial charge in [0, 0.05) is 12.1 Å². The van der Waals surface area contributed by atoms with E-state index in [0.29, 0.717) is 24.2 Å². The second kappa shape index (κ2) is 5.38. The van der Waals surface area contributed by atoms with E-state index in [1.165, 1.54) is 23.1 Å². The first-order valence-corrected chi connectivity index (χ1v) is 7.37. The third-order valence-corrected chi connectivity index (χ3v) is 4.33. The Morgan fingerprint density at radius 2 is 2.00 bits per heavy atom. The number of anilines is 1. The van der Waals surface area contributed by atoms with Crippen molar-refractivity contribution >= 4 is 23.2 Å². The Kier molecular flexibility index (Phi) is 3.67. The van der Waals surface area contributed by atoms with Gasteiger partial charge in [0.2, 0.25) is 0 Å². The molecule has 5 heteroatoms. The second-order valence-corrected chi connectivity index (χ2v) is 6.00. The summed E-state index contributed by atoms with van der Waals surface area (Å²) < 4.78 is 14.0. The zero-order valence-electron chi connectivity index (χ0n) is 12.0. The summed E-state index contributed by atoms with van der Waals surface area (Å²) in [5.41, 5.74) is 0.0949. The Hall–Kier alpha value is -1.91. The third-order valence-electron chi connectivity index (χ3n) is 4.02. The van der Waals surface area contributed by atoms with Gasteiger partial charge in [0.1, 0.15) is 5.82 Å². The van der Waals surface area contributed by atoms with Crippen molar-refractivity contribution < 1.29 is 14.3 Å². The molecule has 0 spiro atoms. The number of fused-ring (bicyclic) bond motifs is 1. The first kappa shape index (κ1) is 15.0. The maximum Gasteiger partial charge on any atom is 0.262 e. The number of hydrogen-bond donors (Lipinski definition) is 1. The fraction of sp³-hybridized carbons (Fsp3) is 0.235. The highest BCUT2D eigenvalue weighted by Gasteiger charge is 2.36. The Labute approximate surface area is 132 Å². The normalized spacial score (nSPS) is 20.6. The van der Waals surface area contributed by atoms with Crippen molar-refractivity contribution in [2.45, 2.75) is 18.9 Å². The Balaban J connectivity index is 2.08. The lowest BCUT2D eigenvalue weighted by Crippen LogP contribution is -2.42. The molecule has 1 heterocycles. The smallest absolute Gasteiger partial charge is 0.262 e. The van der Waals surface area contributed by atoms with E-state index in [1.54, 1.807) is 31.2 Å². The minimum atomic E-state index is -1.01. The van der Waals surface area contributed by atoms with E-state index in [1.807, 2.05) is 0 Å². The molecule has 0 saturated heterocycles. The highest BCUT2D eigenvalue weighted by Crippen LogP contribution is 2.39. The number of nitrogens with zero attached hydrogens (tertiary/aromatic N) is 1. The van der Waals surface area contributed by atoms with Crippen LogP contribution in [0, 0.1) is 5.82 Å². The minimum absolute atomic E-state index is 0.0832. The molecular formula is C17H15ClFNO2. The van der Waals surface area contributed by atoms with Crippen molar-refractivity contribution in [2.75, 3.05) is 11.4 Å². The van der Waals surface area contributed by atoms with Gasteiger partial charge in [-0.1, -0.05) is 35.9 Å². The van der Waals surface area contributed by atoms with Gasteiger partial charge in [-0.25, -0.2) is 4.39 Å². The van der Waals surface area contributed by atoms with Crippen molar-refractivity contribution in [2.24, 2.45) is 0 Å². The molecule has 0 bridgehead atoms. The van der Waals surface area contributed by atoms with E-state index in [2.05, 4.69) is 0 Å². The van der Waals surface area contributed by atoms with Gasteiger partial charge in [0.25, 0.3) is 5.91 Å². The van der Waals surface area contributed by atoms with Crippen molar-refractivity contribution in [3.8, 4) is 0 Å². The largest absolute Gasteiger partial charge is 0.385 e. The van der Waals surface area contributed by atoms with Gasteiger partial charge in [0.05, 0.1) is 21.9 Å². The second-order valence-electron chi connectivity index (χ2n) is 5.59. The number of para-hydroxylation sites is 1.